The van der Waals surface area contributed by atoms with E-state index in [-0.39, 0.29) is 9.92 Å². The summed E-state index contributed by atoms with van der Waals surface area (Å²) in [6, 6.07) is 13.3. The van der Waals surface area contributed by atoms with E-state index in [9.17, 15) is 16.8 Å². The Morgan fingerprint density at radius 3 is 2.41 bits per heavy atom. The molecule has 5 rings (SSSR count). The summed E-state index contributed by atoms with van der Waals surface area (Å²) in [7, 11) is -7.06. The molecule has 1 aliphatic heterocycles. The first kappa shape index (κ1) is 22.7. The summed E-state index contributed by atoms with van der Waals surface area (Å²) in [5, 5.41) is -0.0236. The normalized spacial score (nSPS) is 15.6. The van der Waals surface area contributed by atoms with E-state index in [0.717, 1.165) is 6.26 Å². The number of furan rings is 1. The molecule has 0 saturated carbocycles. The van der Waals surface area contributed by atoms with Gasteiger partial charge in [-0.25, -0.2) is 21.8 Å². The summed E-state index contributed by atoms with van der Waals surface area (Å²) < 4.78 is 62.3. The highest BCUT2D eigenvalue weighted by atomic mass is 32.2. The Bertz CT molecular complexity index is 1570. The number of aromatic nitrogens is 2. The predicted octanol–water partition coefficient (Wildman–Crippen LogP) is 2.98. The third-order valence-electron chi connectivity index (χ3n) is 5.57. The number of sulfone groups is 1. The van der Waals surface area contributed by atoms with Crippen molar-refractivity contribution in [1.29, 1.82) is 0 Å². The van der Waals surface area contributed by atoms with Crippen molar-refractivity contribution in [1.82, 2.24) is 14.3 Å². The van der Waals surface area contributed by atoms with Crippen molar-refractivity contribution in [3.63, 3.8) is 0 Å². The van der Waals surface area contributed by atoms with Crippen LogP contribution in [-0.4, -0.2) is 63.7 Å². The summed E-state index contributed by atoms with van der Waals surface area (Å²) in [5.41, 5.74) is 3.04. The number of hydrogen-bond acceptors (Lipinski definition) is 8. The lowest BCUT2D eigenvalue weighted by molar-refractivity contribution is 0.0730. The second kappa shape index (κ2) is 8.58. The standard InChI is InChI=1S/C23H21N3O6S2/c1-33(27,28)22-6-5-17(15-25-22)21-14-20-23(32-21)19(7-8-24-20)16-3-2-4-18(13-16)34(29,30)26-9-11-31-12-10-26/h2-8,13-15H,9-12H2,1H3. The van der Waals surface area contributed by atoms with Crippen LogP contribution in [0.4, 0.5) is 0 Å². The zero-order chi connectivity index (χ0) is 23.9. The predicted molar refractivity (Wildman–Crippen MR) is 125 cm³/mol. The first-order chi connectivity index (χ1) is 16.2. The number of hydrogen-bond donors (Lipinski definition) is 0. The summed E-state index contributed by atoms with van der Waals surface area (Å²) in [5.74, 6) is 0.472. The Labute approximate surface area is 197 Å². The number of nitrogens with zero attached hydrogens (tertiary/aromatic N) is 3. The van der Waals surface area contributed by atoms with Crippen molar-refractivity contribution >= 4 is 31.0 Å². The van der Waals surface area contributed by atoms with Gasteiger partial charge in [-0.1, -0.05) is 12.1 Å². The largest absolute Gasteiger partial charge is 0.454 e. The Morgan fingerprint density at radius 1 is 0.912 bits per heavy atom. The van der Waals surface area contributed by atoms with Gasteiger partial charge in [-0.05, 0) is 35.9 Å². The van der Waals surface area contributed by atoms with Crippen LogP contribution in [-0.2, 0) is 24.6 Å². The average Bonchev–Trinajstić information content (AvgIpc) is 3.29. The minimum absolute atomic E-state index is 0.0236. The molecular weight excluding hydrogens is 478 g/mol. The van der Waals surface area contributed by atoms with Crippen LogP contribution in [0.25, 0.3) is 33.6 Å². The van der Waals surface area contributed by atoms with Gasteiger partial charge in [0.2, 0.25) is 10.0 Å². The van der Waals surface area contributed by atoms with Crippen LogP contribution in [0.3, 0.4) is 0 Å². The monoisotopic (exact) mass is 499 g/mol. The van der Waals surface area contributed by atoms with Crippen molar-refractivity contribution in [2.75, 3.05) is 32.6 Å². The van der Waals surface area contributed by atoms with Gasteiger partial charge in [0, 0.05) is 48.9 Å². The molecule has 0 radical (unpaired) electrons. The van der Waals surface area contributed by atoms with Crippen molar-refractivity contribution < 1.29 is 26.0 Å². The van der Waals surface area contributed by atoms with Crippen LogP contribution < -0.4 is 0 Å². The van der Waals surface area contributed by atoms with Gasteiger partial charge in [-0.2, -0.15) is 4.31 Å². The molecule has 0 unspecified atom stereocenters. The molecule has 0 aliphatic carbocycles. The third-order valence-corrected chi connectivity index (χ3v) is 8.46. The van der Waals surface area contributed by atoms with E-state index in [0.29, 0.717) is 59.9 Å². The maximum absolute atomic E-state index is 13.1. The Kier molecular flexibility index (Phi) is 5.72. The fourth-order valence-corrected chi connectivity index (χ4v) is 5.83. The highest BCUT2D eigenvalue weighted by Gasteiger charge is 2.26. The van der Waals surface area contributed by atoms with E-state index in [1.807, 2.05) is 6.07 Å². The van der Waals surface area contributed by atoms with Crippen LogP contribution in [0.1, 0.15) is 0 Å². The molecule has 1 fully saturated rings. The SMILES string of the molecule is CS(=O)(=O)c1ccc(-c2cc3nccc(-c4cccc(S(=O)(=O)N5CCOCC5)c4)c3o2)cn1. The average molecular weight is 500 g/mol. The molecule has 4 aromatic rings. The molecule has 0 bridgehead atoms. The molecule has 0 spiro atoms. The molecule has 11 heteroatoms. The fourth-order valence-electron chi connectivity index (χ4n) is 3.81. The Hall–Kier alpha value is -3.12. The number of morpholine rings is 1. The van der Waals surface area contributed by atoms with Crippen LogP contribution in [0.5, 0.6) is 0 Å². The lowest BCUT2D eigenvalue weighted by Gasteiger charge is -2.26. The lowest BCUT2D eigenvalue weighted by Crippen LogP contribution is -2.40. The van der Waals surface area contributed by atoms with Gasteiger partial charge in [0.05, 0.1) is 18.1 Å². The number of rotatable bonds is 5. The molecule has 176 valence electrons. The number of benzene rings is 1. The van der Waals surface area contributed by atoms with Crippen molar-refractivity contribution in [2.45, 2.75) is 9.92 Å². The van der Waals surface area contributed by atoms with Crippen molar-refractivity contribution in [3.05, 3.63) is 60.9 Å². The van der Waals surface area contributed by atoms with Crippen molar-refractivity contribution in [3.8, 4) is 22.5 Å². The molecule has 1 saturated heterocycles. The Morgan fingerprint density at radius 2 is 1.71 bits per heavy atom. The maximum atomic E-state index is 13.1. The second-order valence-electron chi connectivity index (χ2n) is 7.89. The van der Waals surface area contributed by atoms with Crippen molar-refractivity contribution in [2.24, 2.45) is 0 Å². The molecule has 1 aromatic carbocycles. The third kappa shape index (κ3) is 4.23. The fraction of sp³-hybridized carbons (Fsp3) is 0.217. The van der Waals surface area contributed by atoms with E-state index in [4.69, 9.17) is 9.15 Å². The van der Waals surface area contributed by atoms with Crippen LogP contribution in [0.15, 0.2) is 75.3 Å². The molecule has 3 aromatic heterocycles. The number of fused-ring (bicyclic) bond motifs is 1. The molecular formula is C23H21N3O6S2. The van der Waals surface area contributed by atoms with Gasteiger partial charge >= 0.3 is 0 Å². The molecule has 0 amide bonds. The van der Waals surface area contributed by atoms with Crippen LogP contribution >= 0.6 is 0 Å². The molecule has 9 nitrogen and oxygen atoms in total. The number of ether oxygens (including phenoxy) is 1. The summed E-state index contributed by atoms with van der Waals surface area (Å²) in [6.45, 7) is 1.39. The molecule has 0 atom stereocenters. The summed E-state index contributed by atoms with van der Waals surface area (Å²) in [4.78, 5) is 8.57. The summed E-state index contributed by atoms with van der Waals surface area (Å²) in [6.07, 6.45) is 4.16. The number of pyridine rings is 2. The van der Waals surface area contributed by atoms with Gasteiger partial charge in [-0.15, -0.1) is 0 Å². The van der Waals surface area contributed by atoms with E-state index in [1.165, 1.54) is 16.6 Å². The van der Waals surface area contributed by atoms with Crippen LogP contribution in [0, 0.1) is 0 Å². The summed E-state index contributed by atoms with van der Waals surface area (Å²) >= 11 is 0. The first-order valence-electron chi connectivity index (χ1n) is 10.5. The van der Waals surface area contributed by atoms with Gasteiger partial charge in [0.25, 0.3) is 0 Å². The highest BCUT2D eigenvalue weighted by Crippen LogP contribution is 2.34. The van der Waals surface area contributed by atoms with Gasteiger partial charge in [0.1, 0.15) is 11.3 Å². The van der Waals surface area contributed by atoms with Gasteiger partial charge in [-0.3, -0.25) is 4.98 Å². The number of sulfonamides is 1. The molecule has 1 aliphatic rings. The minimum atomic E-state index is -3.65. The maximum Gasteiger partial charge on any atom is 0.243 e. The van der Waals surface area contributed by atoms with E-state index >= 15 is 0 Å². The van der Waals surface area contributed by atoms with Gasteiger partial charge < -0.3 is 9.15 Å². The smallest absolute Gasteiger partial charge is 0.243 e. The molecule has 0 N–H and O–H groups in total. The lowest BCUT2D eigenvalue weighted by atomic mass is 10.1. The van der Waals surface area contributed by atoms with E-state index < -0.39 is 19.9 Å². The van der Waals surface area contributed by atoms with E-state index in [2.05, 4.69) is 9.97 Å². The zero-order valence-electron chi connectivity index (χ0n) is 18.2. The zero-order valence-corrected chi connectivity index (χ0v) is 19.8. The van der Waals surface area contributed by atoms with Gasteiger partial charge in [0.15, 0.2) is 20.4 Å². The Balaban J connectivity index is 1.54. The van der Waals surface area contributed by atoms with Crippen LogP contribution in [0.2, 0.25) is 0 Å². The first-order valence-corrected chi connectivity index (χ1v) is 13.8. The van der Waals surface area contributed by atoms with E-state index in [1.54, 1.807) is 42.6 Å². The molecule has 34 heavy (non-hydrogen) atoms. The topological polar surface area (TPSA) is 120 Å². The minimum Gasteiger partial charge on any atom is -0.454 e. The quantitative estimate of drug-likeness (QED) is 0.411. The molecule has 4 heterocycles. The second-order valence-corrected chi connectivity index (χ2v) is 11.8. The highest BCUT2D eigenvalue weighted by molar-refractivity contribution is 7.90.